The molecule has 0 saturated carbocycles. The van der Waals surface area contributed by atoms with Crippen molar-refractivity contribution in [3.63, 3.8) is 0 Å². The summed E-state index contributed by atoms with van der Waals surface area (Å²) < 4.78 is 0. The molecule has 0 atom stereocenters. The molecule has 7 aromatic rings. The quantitative estimate of drug-likeness (QED) is 0.219. The molecule has 7 rings (SSSR count). The molecule has 0 spiro atoms. The highest BCUT2D eigenvalue weighted by Gasteiger charge is 2.12. The van der Waals surface area contributed by atoms with Gasteiger partial charge in [-0.05, 0) is 88.7 Å². The van der Waals surface area contributed by atoms with E-state index in [0.29, 0.717) is 0 Å². The standard InChI is InChI=1S/C38H28N2/c1-25-19-20-39-37-34(25)17-18-35-26(2)21-36(40-38(35)37)30-15-13-29(14-16-30)33-23-31(27-9-5-3-6-10-27)22-32(24-33)28-11-7-4-8-12-28/h3-24H,1-2H3. The van der Waals surface area contributed by atoms with Gasteiger partial charge in [-0.25, -0.2) is 4.98 Å². The molecule has 190 valence electrons. The van der Waals surface area contributed by atoms with Crippen LogP contribution in [0, 0.1) is 13.8 Å². The summed E-state index contributed by atoms with van der Waals surface area (Å²) in [5, 5.41) is 2.30. The van der Waals surface area contributed by atoms with Gasteiger partial charge in [0, 0.05) is 22.5 Å². The fraction of sp³-hybridized carbons (Fsp3) is 0.0526. The van der Waals surface area contributed by atoms with Crippen LogP contribution in [0.25, 0.3) is 66.4 Å². The van der Waals surface area contributed by atoms with Gasteiger partial charge in [0.15, 0.2) is 0 Å². The van der Waals surface area contributed by atoms with Gasteiger partial charge in [0.2, 0.25) is 0 Å². The van der Waals surface area contributed by atoms with Crippen molar-refractivity contribution in [2.45, 2.75) is 13.8 Å². The molecule has 2 heteroatoms. The Morgan fingerprint density at radius 3 is 1.48 bits per heavy atom. The lowest BCUT2D eigenvalue weighted by molar-refractivity contribution is 1.33. The molecule has 2 aromatic heterocycles. The maximum atomic E-state index is 5.12. The highest BCUT2D eigenvalue weighted by Crippen LogP contribution is 2.35. The summed E-state index contributed by atoms with van der Waals surface area (Å²) in [5.74, 6) is 0. The van der Waals surface area contributed by atoms with Crippen molar-refractivity contribution in [3.05, 3.63) is 145 Å². The van der Waals surface area contributed by atoms with E-state index in [-0.39, 0.29) is 0 Å². The Morgan fingerprint density at radius 2 is 0.900 bits per heavy atom. The van der Waals surface area contributed by atoms with E-state index in [1.807, 2.05) is 6.20 Å². The molecule has 0 bridgehead atoms. The summed E-state index contributed by atoms with van der Waals surface area (Å²) in [6.45, 7) is 4.28. The number of fused-ring (bicyclic) bond motifs is 3. The summed E-state index contributed by atoms with van der Waals surface area (Å²) in [6.07, 6.45) is 1.88. The van der Waals surface area contributed by atoms with Crippen LogP contribution in [0.4, 0.5) is 0 Å². The second-order valence-corrected chi connectivity index (χ2v) is 10.4. The van der Waals surface area contributed by atoms with Gasteiger partial charge in [-0.2, -0.15) is 0 Å². The number of benzene rings is 5. The van der Waals surface area contributed by atoms with E-state index in [2.05, 4.69) is 141 Å². The van der Waals surface area contributed by atoms with Crippen molar-refractivity contribution < 1.29 is 0 Å². The normalized spacial score (nSPS) is 11.2. The van der Waals surface area contributed by atoms with Crippen molar-refractivity contribution in [3.8, 4) is 44.6 Å². The lowest BCUT2D eigenvalue weighted by atomic mass is 9.93. The van der Waals surface area contributed by atoms with E-state index in [9.17, 15) is 0 Å². The Morgan fingerprint density at radius 1 is 0.400 bits per heavy atom. The minimum atomic E-state index is 0.961. The predicted octanol–water partition coefficient (Wildman–Crippen LogP) is 10.1. The molecule has 2 nitrogen and oxygen atoms in total. The van der Waals surface area contributed by atoms with E-state index >= 15 is 0 Å². The van der Waals surface area contributed by atoms with Crippen molar-refractivity contribution in [2.24, 2.45) is 0 Å². The number of hydrogen-bond donors (Lipinski definition) is 0. The lowest BCUT2D eigenvalue weighted by Gasteiger charge is -2.12. The van der Waals surface area contributed by atoms with E-state index in [1.54, 1.807) is 0 Å². The molecule has 0 fully saturated rings. The fourth-order valence-corrected chi connectivity index (χ4v) is 5.58. The third kappa shape index (κ3) is 4.34. The van der Waals surface area contributed by atoms with Gasteiger partial charge in [0.05, 0.1) is 16.7 Å². The molecule has 0 radical (unpaired) electrons. The van der Waals surface area contributed by atoms with Gasteiger partial charge in [0.25, 0.3) is 0 Å². The first-order valence-corrected chi connectivity index (χ1v) is 13.7. The average Bonchev–Trinajstić information content (AvgIpc) is 3.02. The molecule has 0 aliphatic rings. The average molecular weight is 513 g/mol. The number of nitrogens with zero attached hydrogens (tertiary/aromatic N) is 2. The highest BCUT2D eigenvalue weighted by molar-refractivity contribution is 6.05. The zero-order valence-corrected chi connectivity index (χ0v) is 22.6. The molecular formula is C38H28N2. The van der Waals surface area contributed by atoms with E-state index in [0.717, 1.165) is 33.1 Å². The third-order valence-corrected chi connectivity index (χ3v) is 7.78. The number of pyridine rings is 2. The van der Waals surface area contributed by atoms with Crippen LogP contribution in [-0.4, -0.2) is 9.97 Å². The number of hydrogen-bond acceptors (Lipinski definition) is 2. The SMILES string of the molecule is Cc1ccnc2c1ccc1c(C)cc(-c3ccc(-c4cc(-c5ccccc5)cc(-c5ccccc5)c4)cc3)nc12. The van der Waals surface area contributed by atoms with Gasteiger partial charge in [-0.15, -0.1) is 0 Å². The Balaban J connectivity index is 1.32. The maximum Gasteiger partial charge on any atom is 0.0974 e. The van der Waals surface area contributed by atoms with Crippen molar-refractivity contribution >= 4 is 21.8 Å². The van der Waals surface area contributed by atoms with Gasteiger partial charge in [-0.3, -0.25) is 4.98 Å². The Kier molecular flexibility index (Phi) is 5.94. The minimum Gasteiger partial charge on any atom is -0.254 e. The summed E-state index contributed by atoms with van der Waals surface area (Å²) in [4.78, 5) is 9.83. The summed E-state index contributed by atoms with van der Waals surface area (Å²) in [7, 11) is 0. The van der Waals surface area contributed by atoms with Crippen LogP contribution >= 0.6 is 0 Å². The molecule has 5 aromatic carbocycles. The lowest BCUT2D eigenvalue weighted by Crippen LogP contribution is -1.93. The molecule has 0 N–H and O–H groups in total. The monoisotopic (exact) mass is 512 g/mol. The summed E-state index contributed by atoms with van der Waals surface area (Å²) in [5.41, 5.74) is 13.6. The molecule has 0 aliphatic carbocycles. The third-order valence-electron chi connectivity index (χ3n) is 7.78. The fourth-order valence-electron chi connectivity index (χ4n) is 5.58. The van der Waals surface area contributed by atoms with Crippen LogP contribution in [-0.2, 0) is 0 Å². The zero-order valence-electron chi connectivity index (χ0n) is 22.6. The van der Waals surface area contributed by atoms with Gasteiger partial charge in [-0.1, -0.05) is 97.1 Å². The minimum absolute atomic E-state index is 0.961. The number of aromatic nitrogens is 2. The van der Waals surface area contributed by atoms with Crippen molar-refractivity contribution in [1.82, 2.24) is 9.97 Å². The number of rotatable bonds is 4. The summed E-state index contributed by atoms with van der Waals surface area (Å²) in [6, 6.07) is 45.4. The Hall–Kier alpha value is -5.08. The van der Waals surface area contributed by atoms with Crippen LogP contribution in [0.1, 0.15) is 11.1 Å². The van der Waals surface area contributed by atoms with Crippen LogP contribution in [0.15, 0.2) is 134 Å². The first-order chi connectivity index (χ1) is 19.6. The maximum absolute atomic E-state index is 5.12. The highest BCUT2D eigenvalue weighted by atomic mass is 14.8. The molecule has 2 heterocycles. The van der Waals surface area contributed by atoms with Crippen LogP contribution in [0.2, 0.25) is 0 Å². The van der Waals surface area contributed by atoms with Crippen LogP contribution in [0.5, 0.6) is 0 Å². The first-order valence-electron chi connectivity index (χ1n) is 13.7. The molecule has 0 saturated heterocycles. The van der Waals surface area contributed by atoms with E-state index in [1.165, 1.54) is 44.5 Å². The molecule has 40 heavy (non-hydrogen) atoms. The largest absolute Gasteiger partial charge is 0.254 e. The molecule has 0 amide bonds. The van der Waals surface area contributed by atoms with Crippen molar-refractivity contribution in [2.75, 3.05) is 0 Å². The van der Waals surface area contributed by atoms with E-state index in [4.69, 9.17) is 9.97 Å². The second-order valence-electron chi connectivity index (χ2n) is 10.4. The van der Waals surface area contributed by atoms with Crippen LogP contribution < -0.4 is 0 Å². The van der Waals surface area contributed by atoms with Gasteiger partial charge in [0.1, 0.15) is 0 Å². The Bertz CT molecular complexity index is 1930. The van der Waals surface area contributed by atoms with Crippen molar-refractivity contribution in [1.29, 1.82) is 0 Å². The van der Waals surface area contributed by atoms with E-state index < -0.39 is 0 Å². The molecular weight excluding hydrogens is 484 g/mol. The predicted molar refractivity (Wildman–Crippen MR) is 168 cm³/mol. The van der Waals surface area contributed by atoms with Crippen LogP contribution in [0.3, 0.4) is 0 Å². The zero-order chi connectivity index (χ0) is 27.1. The van der Waals surface area contributed by atoms with Gasteiger partial charge >= 0.3 is 0 Å². The molecule has 0 unspecified atom stereocenters. The summed E-state index contributed by atoms with van der Waals surface area (Å²) >= 11 is 0. The first kappa shape index (κ1) is 24.0. The second kappa shape index (κ2) is 9.91. The van der Waals surface area contributed by atoms with Gasteiger partial charge < -0.3 is 0 Å². The molecule has 0 aliphatic heterocycles. The smallest absolute Gasteiger partial charge is 0.0974 e. The topological polar surface area (TPSA) is 25.8 Å². The number of aryl methyl sites for hydroxylation is 2. The Labute approximate surface area is 234 Å².